The molecule has 3 unspecified atom stereocenters. The third-order valence-electron chi connectivity index (χ3n) is 7.20. The Hall–Kier alpha value is -2.29. The standard InChI is InChI=1S/C26H29NO5S2/c1-30-19-10-18(11-20(13-19)31-2)22-12-17(4-3-7-28)23(32-22)14-24-25(29)27(26(33)34-24)21-9-15-5-6-16(21)8-15/h10-16,21,28H,3-9H2,1-2H3/b24-14+. The van der Waals surface area contributed by atoms with E-state index in [2.05, 4.69) is 0 Å². The molecule has 1 saturated heterocycles. The van der Waals surface area contributed by atoms with E-state index in [1.807, 2.05) is 29.2 Å². The molecule has 34 heavy (non-hydrogen) atoms. The molecule has 1 aliphatic heterocycles. The summed E-state index contributed by atoms with van der Waals surface area (Å²) < 4.78 is 17.7. The number of hydrogen-bond acceptors (Lipinski definition) is 7. The maximum Gasteiger partial charge on any atom is 0.266 e. The lowest BCUT2D eigenvalue weighted by molar-refractivity contribution is -0.124. The molecular formula is C26H29NO5S2. The van der Waals surface area contributed by atoms with Crippen molar-refractivity contribution >= 4 is 40.3 Å². The maximum absolute atomic E-state index is 13.4. The smallest absolute Gasteiger partial charge is 0.266 e. The van der Waals surface area contributed by atoms with E-state index >= 15 is 0 Å². The number of thioether (sulfide) groups is 1. The van der Waals surface area contributed by atoms with Gasteiger partial charge in [-0.25, -0.2) is 0 Å². The van der Waals surface area contributed by atoms with Gasteiger partial charge in [0.1, 0.15) is 27.3 Å². The lowest BCUT2D eigenvalue weighted by atomic mass is 9.94. The van der Waals surface area contributed by atoms with Crippen LogP contribution in [-0.4, -0.2) is 47.1 Å². The first kappa shape index (κ1) is 23.5. The summed E-state index contributed by atoms with van der Waals surface area (Å²) in [6.07, 6.45) is 7.83. The third kappa shape index (κ3) is 4.39. The molecule has 3 fully saturated rings. The summed E-state index contributed by atoms with van der Waals surface area (Å²) in [6.45, 7) is 0.0826. The number of rotatable bonds is 8. The van der Waals surface area contributed by atoms with Gasteiger partial charge in [-0.1, -0.05) is 30.4 Å². The summed E-state index contributed by atoms with van der Waals surface area (Å²) >= 11 is 7.00. The zero-order chi connectivity index (χ0) is 23.8. The van der Waals surface area contributed by atoms with Crippen LogP contribution in [0.25, 0.3) is 17.4 Å². The number of aliphatic hydroxyl groups excluding tert-OH is 1. The summed E-state index contributed by atoms with van der Waals surface area (Å²) in [6, 6.07) is 7.78. The Morgan fingerprint density at radius 3 is 2.56 bits per heavy atom. The molecule has 2 bridgehead atoms. The van der Waals surface area contributed by atoms with E-state index in [9.17, 15) is 9.90 Å². The van der Waals surface area contributed by atoms with Crippen molar-refractivity contribution in [2.45, 2.75) is 44.6 Å². The number of ether oxygens (including phenoxy) is 2. The van der Waals surface area contributed by atoms with Gasteiger partial charge in [-0.05, 0) is 67.7 Å². The van der Waals surface area contributed by atoms with Crippen molar-refractivity contribution in [3.8, 4) is 22.8 Å². The molecule has 2 aromatic rings. The van der Waals surface area contributed by atoms with E-state index in [-0.39, 0.29) is 18.6 Å². The lowest BCUT2D eigenvalue weighted by Gasteiger charge is -2.30. The number of carbonyl (C=O) groups is 1. The number of hydrogen-bond donors (Lipinski definition) is 1. The van der Waals surface area contributed by atoms with Crippen molar-refractivity contribution in [3.05, 3.63) is 40.5 Å². The molecule has 0 spiro atoms. The minimum atomic E-state index is -0.0124. The number of methoxy groups -OCH3 is 2. The summed E-state index contributed by atoms with van der Waals surface area (Å²) in [5.74, 6) is 3.90. The predicted octanol–water partition coefficient (Wildman–Crippen LogP) is 5.28. The summed E-state index contributed by atoms with van der Waals surface area (Å²) in [7, 11) is 3.22. The lowest BCUT2D eigenvalue weighted by Crippen LogP contribution is -2.41. The second kappa shape index (κ2) is 9.76. The number of fused-ring (bicyclic) bond motifs is 2. The fourth-order valence-corrected chi connectivity index (χ4v) is 6.88. The minimum Gasteiger partial charge on any atom is -0.497 e. The largest absolute Gasteiger partial charge is 0.497 e. The molecule has 0 radical (unpaired) electrons. The molecule has 6 nitrogen and oxygen atoms in total. The molecule has 2 aliphatic carbocycles. The van der Waals surface area contributed by atoms with Crippen molar-refractivity contribution in [3.63, 3.8) is 0 Å². The first-order valence-corrected chi connectivity index (χ1v) is 13.0. The number of furan rings is 1. The molecule has 5 rings (SSSR count). The van der Waals surface area contributed by atoms with Crippen LogP contribution < -0.4 is 9.47 Å². The number of nitrogens with zero attached hydrogens (tertiary/aromatic N) is 1. The second-order valence-corrected chi connectivity index (χ2v) is 10.9. The number of benzene rings is 1. The van der Waals surface area contributed by atoms with Gasteiger partial charge in [0.15, 0.2) is 0 Å². The fourth-order valence-electron chi connectivity index (χ4n) is 5.53. The zero-order valence-corrected chi connectivity index (χ0v) is 21.0. The van der Waals surface area contributed by atoms with E-state index in [4.69, 9.17) is 26.1 Å². The molecule has 1 aromatic carbocycles. The first-order chi connectivity index (χ1) is 16.5. The average Bonchev–Trinajstić information content (AvgIpc) is 3.62. The van der Waals surface area contributed by atoms with Crippen LogP contribution in [0.3, 0.4) is 0 Å². The van der Waals surface area contributed by atoms with E-state index in [0.29, 0.717) is 51.0 Å². The molecular weight excluding hydrogens is 470 g/mol. The Morgan fingerprint density at radius 2 is 1.94 bits per heavy atom. The van der Waals surface area contributed by atoms with Gasteiger partial charge in [0.05, 0.1) is 19.1 Å². The highest BCUT2D eigenvalue weighted by atomic mass is 32.2. The number of carbonyl (C=O) groups excluding carboxylic acids is 1. The quantitative estimate of drug-likeness (QED) is 0.391. The number of aliphatic hydroxyl groups is 1. The van der Waals surface area contributed by atoms with Crippen molar-refractivity contribution in [1.82, 2.24) is 4.90 Å². The highest BCUT2D eigenvalue weighted by Crippen LogP contribution is 2.49. The molecule has 3 aliphatic rings. The predicted molar refractivity (Wildman–Crippen MR) is 137 cm³/mol. The van der Waals surface area contributed by atoms with Crippen molar-refractivity contribution in [2.75, 3.05) is 20.8 Å². The molecule has 1 amide bonds. The summed E-state index contributed by atoms with van der Waals surface area (Å²) in [4.78, 5) is 15.8. The fraction of sp³-hybridized carbons (Fsp3) is 0.462. The summed E-state index contributed by atoms with van der Waals surface area (Å²) in [5.41, 5.74) is 1.76. The first-order valence-electron chi connectivity index (χ1n) is 11.7. The van der Waals surface area contributed by atoms with Crippen LogP contribution >= 0.6 is 24.0 Å². The Kier molecular flexibility index (Phi) is 6.73. The zero-order valence-electron chi connectivity index (χ0n) is 19.4. The van der Waals surface area contributed by atoms with Gasteiger partial charge < -0.3 is 19.0 Å². The van der Waals surface area contributed by atoms with Crippen molar-refractivity contribution in [1.29, 1.82) is 0 Å². The molecule has 180 valence electrons. The van der Waals surface area contributed by atoms with E-state index < -0.39 is 0 Å². The third-order valence-corrected chi connectivity index (χ3v) is 8.53. The van der Waals surface area contributed by atoms with Gasteiger partial charge in [-0.2, -0.15) is 0 Å². The van der Waals surface area contributed by atoms with Gasteiger partial charge >= 0.3 is 0 Å². The Morgan fingerprint density at radius 1 is 1.18 bits per heavy atom. The molecule has 1 N–H and O–H groups in total. The average molecular weight is 500 g/mol. The van der Waals surface area contributed by atoms with Gasteiger partial charge in [-0.3, -0.25) is 9.69 Å². The number of aryl methyl sites for hydroxylation is 1. The normalized spacial score (nSPS) is 25.1. The Bertz CT molecular complexity index is 1120. The van der Waals surface area contributed by atoms with Gasteiger partial charge in [0.25, 0.3) is 5.91 Å². The SMILES string of the molecule is COc1cc(OC)cc(-c2cc(CCCO)c(/C=C3/SC(=S)N(C4CC5CCC4C5)C3=O)o2)c1. The van der Waals surface area contributed by atoms with Gasteiger partial charge in [0, 0.05) is 30.4 Å². The topological polar surface area (TPSA) is 72.1 Å². The highest BCUT2D eigenvalue weighted by molar-refractivity contribution is 8.26. The molecule has 2 heterocycles. The molecule has 2 saturated carbocycles. The van der Waals surface area contributed by atoms with Crippen LogP contribution in [-0.2, 0) is 11.2 Å². The van der Waals surface area contributed by atoms with Gasteiger partial charge in [-0.15, -0.1) is 0 Å². The highest BCUT2D eigenvalue weighted by Gasteiger charge is 2.48. The van der Waals surface area contributed by atoms with E-state index in [1.54, 1.807) is 20.3 Å². The van der Waals surface area contributed by atoms with Crippen LogP contribution in [0.4, 0.5) is 0 Å². The molecule has 1 aromatic heterocycles. The van der Waals surface area contributed by atoms with E-state index in [0.717, 1.165) is 23.5 Å². The van der Waals surface area contributed by atoms with Crippen molar-refractivity contribution < 1.29 is 23.8 Å². The summed E-state index contributed by atoms with van der Waals surface area (Å²) in [5, 5.41) is 9.39. The number of thiocarbonyl (C=S) groups is 1. The van der Waals surface area contributed by atoms with Crippen LogP contribution in [0.1, 0.15) is 43.4 Å². The second-order valence-electron chi connectivity index (χ2n) is 9.22. The monoisotopic (exact) mass is 499 g/mol. The Labute approximate surface area is 209 Å². The molecule has 3 atom stereocenters. The number of amides is 1. The van der Waals surface area contributed by atoms with Crippen molar-refractivity contribution in [2.24, 2.45) is 11.8 Å². The van der Waals surface area contributed by atoms with Gasteiger partial charge in [0.2, 0.25) is 0 Å². The minimum absolute atomic E-state index is 0.0124. The maximum atomic E-state index is 13.4. The van der Waals surface area contributed by atoms with E-state index in [1.165, 1.54) is 31.0 Å². The van der Waals surface area contributed by atoms with Crippen LogP contribution in [0, 0.1) is 11.8 Å². The van der Waals surface area contributed by atoms with Crippen LogP contribution in [0.5, 0.6) is 11.5 Å². The molecule has 8 heteroatoms. The van der Waals surface area contributed by atoms with Crippen LogP contribution in [0.2, 0.25) is 0 Å². The van der Waals surface area contributed by atoms with Crippen LogP contribution in [0.15, 0.2) is 33.6 Å². The Balaban J connectivity index is 1.47.